The van der Waals surface area contributed by atoms with E-state index >= 15 is 0 Å². The molecule has 0 heterocycles. The van der Waals surface area contributed by atoms with Gasteiger partial charge in [-0.25, -0.2) is 0 Å². The van der Waals surface area contributed by atoms with Gasteiger partial charge in [-0.15, -0.1) is 0 Å². The smallest absolute Gasteiger partial charge is 0.241 e. The van der Waals surface area contributed by atoms with Gasteiger partial charge in [-0.2, -0.15) is 0 Å². The maximum Gasteiger partial charge on any atom is 0.241 e. The van der Waals surface area contributed by atoms with E-state index in [1.807, 2.05) is 26.1 Å². The first-order valence-electron chi connectivity index (χ1n) is 6.26. The van der Waals surface area contributed by atoms with Gasteiger partial charge in [-0.05, 0) is 44.2 Å². The van der Waals surface area contributed by atoms with Crippen LogP contribution in [0.4, 0.5) is 11.4 Å². The Bertz CT molecular complexity index is 387. The average molecular weight is 249 g/mol. The van der Waals surface area contributed by atoms with Crippen molar-refractivity contribution in [2.24, 2.45) is 5.92 Å². The van der Waals surface area contributed by atoms with E-state index in [4.69, 9.17) is 5.73 Å². The SMILES string of the molecule is CC(C)CN(C)C(C)C(=O)Nc1ccc(N)cc1. The molecule has 100 valence electrons. The molecule has 1 aromatic carbocycles. The molecule has 1 unspecified atom stereocenters. The summed E-state index contributed by atoms with van der Waals surface area (Å²) >= 11 is 0. The third kappa shape index (κ3) is 4.37. The van der Waals surface area contributed by atoms with Crippen LogP contribution in [-0.4, -0.2) is 30.4 Å². The second-order valence-corrected chi connectivity index (χ2v) is 5.12. The summed E-state index contributed by atoms with van der Waals surface area (Å²) in [5, 5.41) is 2.89. The lowest BCUT2D eigenvalue weighted by atomic mass is 10.1. The molecule has 0 radical (unpaired) electrons. The quantitative estimate of drug-likeness (QED) is 0.786. The van der Waals surface area contributed by atoms with Crippen LogP contribution in [0.1, 0.15) is 20.8 Å². The fourth-order valence-electron chi connectivity index (χ4n) is 1.75. The minimum atomic E-state index is -0.148. The number of hydrogen-bond donors (Lipinski definition) is 2. The van der Waals surface area contributed by atoms with Crippen LogP contribution in [0.25, 0.3) is 0 Å². The molecule has 0 fully saturated rings. The molecule has 0 saturated heterocycles. The fourth-order valence-corrected chi connectivity index (χ4v) is 1.75. The van der Waals surface area contributed by atoms with Crippen molar-refractivity contribution in [2.45, 2.75) is 26.8 Å². The number of nitrogen functional groups attached to an aromatic ring is 1. The average Bonchev–Trinajstić information content (AvgIpc) is 2.30. The molecule has 1 atom stereocenters. The molecule has 0 aromatic heterocycles. The molecule has 3 N–H and O–H groups in total. The first-order valence-corrected chi connectivity index (χ1v) is 6.26. The minimum Gasteiger partial charge on any atom is -0.399 e. The molecular weight excluding hydrogens is 226 g/mol. The lowest BCUT2D eigenvalue weighted by Gasteiger charge is -2.25. The number of benzene rings is 1. The first-order chi connectivity index (χ1) is 8.40. The highest BCUT2D eigenvalue weighted by molar-refractivity contribution is 5.94. The van der Waals surface area contributed by atoms with Gasteiger partial charge in [0.2, 0.25) is 5.91 Å². The number of nitrogens with zero attached hydrogens (tertiary/aromatic N) is 1. The van der Waals surface area contributed by atoms with E-state index in [1.54, 1.807) is 12.1 Å². The Morgan fingerprint density at radius 1 is 1.28 bits per heavy atom. The number of carbonyl (C=O) groups excluding carboxylic acids is 1. The molecule has 1 amide bonds. The van der Waals surface area contributed by atoms with Gasteiger partial charge in [0.1, 0.15) is 0 Å². The fraction of sp³-hybridized carbons (Fsp3) is 0.500. The van der Waals surface area contributed by atoms with Crippen molar-refractivity contribution in [2.75, 3.05) is 24.6 Å². The number of rotatable bonds is 5. The van der Waals surface area contributed by atoms with E-state index in [0.717, 1.165) is 12.2 Å². The van der Waals surface area contributed by atoms with Crippen LogP contribution in [0, 0.1) is 5.92 Å². The predicted octanol–water partition coefficient (Wildman–Crippen LogP) is 2.18. The summed E-state index contributed by atoms with van der Waals surface area (Å²) in [6.45, 7) is 7.09. The third-order valence-electron chi connectivity index (χ3n) is 2.87. The molecular formula is C14H23N3O. The molecule has 0 bridgehead atoms. The van der Waals surface area contributed by atoms with Gasteiger partial charge in [0.05, 0.1) is 6.04 Å². The Balaban J connectivity index is 2.56. The molecule has 0 saturated carbocycles. The van der Waals surface area contributed by atoms with Crippen LogP contribution >= 0.6 is 0 Å². The second kappa shape index (κ2) is 6.40. The highest BCUT2D eigenvalue weighted by Crippen LogP contribution is 2.12. The van der Waals surface area contributed by atoms with Crippen LogP contribution in [0.5, 0.6) is 0 Å². The first kappa shape index (κ1) is 14.5. The maximum absolute atomic E-state index is 12.0. The van der Waals surface area contributed by atoms with Gasteiger partial charge in [0.25, 0.3) is 0 Å². The zero-order chi connectivity index (χ0) is 13.7. The Hall–Kier alpha value is -1.55. The zero-order valence-electron chi connectivity index (χ0n) is 11.6. The van der Waals surface area contributed by atoms with E-state index in [0.29, 0.717) is 11.6 Å². The van der Waals surface area contributed by atoms with Crippen LogP contribution in [-0.2, 0) is 4.79 Å². The lowest BCUT2D eigenvalue weighted by molar-refractivity contribution is -0.120. The number of carbonyl (C=O) groups is 1. The van der Waals surface area contributed by atoms with Crippen molar-refractivity contribution in [1.29, 1.82) is 0 Å². The van der Waals surface area contributed by atoms with E-state index < -0.39 is 0 Å². The van der Waals surface area contributed by atoms with Gasteiger partial charge in [0.15, 0.2) is 0 Å². The Labute approximate surface area is 109 Å². The largest absolute Gasteiger partial charge is 0.399 e. The topological polar surface area (TPSA) is 58.4 Å². The molecule has 0 aliphatic rings. The summed E-state index contributed by atoms with van der Waals surface area (Å²) in [7, 11) is 1.97. The number of hydrogen-bond acceptors (Lipinski definition) is 3. The van der Waals surface area contributed by atoms with E-state index in [2.05, 4.69) is 24.1 Å². The Morgan fingerprint density at radius 2 is 1.83 bits per heavy atom. The van der Waals surface area contributed by atoms with E-state index in [1.165, 1.54) is 0 Å². The highest BCUT2D eigenvalue weighted by atomic mass is 16.2. The summed E-state index contributed by atoms with van der Waals surface area (Å²) in [5.74, 6) is 0.546. The Kier molecular flexibility index (Phi) is 5.16. The van der Waals surface area contributed by atoms with Crippen molar-refractivity contribution < 1.29 is 4.79 Å². The van der Waals surface area contributed by atoms with Gasteiger partial charge >= 0.3 is 0 Å². The van der Waals surface area contributed by atoms with Crippen molar-refractivity contribution >= 4 is 17.3 Å². The Morgan fingerprint density at radius 3 is 2.33 bits per heavy atom. The van der Waals surface area contributed by atoms with Gasteiger partial charge < -0.3 is 11.1 Å². The third-order valence-corrected chi connectivity index (χ3v) is 2.87. The lowest BCUT2D eigenvalue weighted by Crippen LogP contribution is -2.41. The molecule has 0 aliphatic heterocycles. The number of likely N-dealkylation sites (N-methyl/N-ethyl adjacent to an activating group) is 1. The van der Waals surface area contributed by atoms with E-state index in [9.17, 15) is 4.79 Å². The molecule has 1 aromatic rings. The molecule has 0 spiro atoms. The van der Waals surface area contributed by atoms with Crippen molar-refractivity contribution in [3.05, 3.63) is 24.3 Å². The summed E-state index contributed by atoms with van der Waals surface area (Å²) in [6, 6.07) is 7.02. The van der Waals surface area contributed by atoms with Crippen LogP contribution < -0.4 is 11.1 Å². The van der Waals surface area contributed by atoms with Gasteiger partial charge in [-0.3, -0.25) is 9.69 Å². The minimum absolute atomic E-state index is 0.00271. The highest BCUT2D eigenvalue weighted by Gasteiger charge is 2.18. The van der Waals surface area contributed by atoms with Gasteiger partial charge in [0, 0.05) is 17.9 Å². The van der Waals surface area contributed by atoms with E-state index in [-0.39, 0.29) is 11.9 Å². The predicted molar refractivity (Wildman–Crippen MR) is 76.4 cm³/mol. The molecule has 18 heavy (non-hydrogen) atoms. The summed E-state index contributed by atoms with van der Waals surface area (Å²) in [5.41, 5.74) is 7.07. The molecule has 4 heteroatoms. The standard InChI is InChI=1S/C14H23N3O/c1-10(2)9-17(4)11(3)14(18)16-13-7-5-12(15)6-8-13/h5-8,10-11H,9,15H2,1-4H3,(H,16,18). The zero-order valence-corrected chi connectivity index (χ0v) is 11.6. The number of amides is 1. The second-order valence-electron chi connectivity index (χ2n) is 5.12. The monoisotopic (exact) mass is 249 g/mol. The van der Waals surface area contributed by atoms with Crippen LogP contribution in [0.15, 0.2) is 24.3 Å². The summed E-state index contributed by atoms with van der Waals surface area (Å²) < 4.78 is 0. The normalized spacial score (nSPS) is 12.8. The summed E-state index contributed by atoms with van der Waals surface area (Å²) in [4.78, 5) is 14.1. The van der Waals surface area contributed by atoms with Crippen LogP contribution in [0.3, 0.4) is 0 Å². The van der Waals surface area contributed by atoms with Gasteiger partial charge in [-0.1, -0.05) is 13.8 Å². The summed E-state index contributed by atoms with van der Waals surface area (Å²) in [6.07, 6.45) is 0. The van der Waals surface area contributed by atoms with Crippen LogP contribution in [0.2, 0.25) is 0 Å². The molecule has 0 aliphatic carbocycles. The van der Waals surface area contributed by atoms with Crippen molar-refractivity contribution in [3.8, 4) is 0 Å². The molecule has 1 rings (SSSR count). The van der Waals surface area contributed by atoms with Crippen molar-refractivity contribution in [3.63, 3.8) is 0 Å². The maximum atomic E-state index is 12.0. The number of anilines is 2. The number of nitrogens with two attached hydrogens (primary N) is 1. The molecule has 4 nitrogen and oxygen atoms in total. The van der Waals surface area contributed by atoms with Crippen molar-refractivity contribution in [1.82, 2.24) is 4.90 Å². The number of nitrogens with one attached hydrogen (secondary N) is 1.